The molecule has 2 heterocycles. The van der Waals surface area contributed by atoms with Gasteiger partial charge in [0, 0.05) is 22.8 Å². The molecule has 0 aliphatic carbocycles. The Balaban J connectivity index is 1.86. The molecule has 0 unspecified atom stereocenters. The lowest BCUT2D eigenvalue weighted by molar-refractivity contribution is 0.305. The average molecular weight is 271 g/mol. The summed E-state index contributed by atoms with van der Waals surface area (Å²) in [4.78, 5) is 8.50. The van der Waals surface area contributed by atoms with Crippen molar-refractivity contribution in [3.63, 3.8) is 0 Å². The van der Waals surface area contributed by atoms with Crippen LogP contribution in [0.4, 0.5) is 0 Å². The fourth-order valence-electron chi connectivity index (χ4n) is 1.88. The molecule has 3 aromatic rings. The van der Waals surface area contributed by atoms with Crippen LogP contribution >= 0.6 is 11.6 Å². The Labute approximate surface area is 115 Å². The van der Waals surface area contributed by atoms with E-state index in [0.717, 1.165) is 22.3 Å². The molecule has 0 radical (unpaired) electrons. The zero-order chi connectivity index (χ0) is 13.1. The Hall–Kier alpha value is -2.13. The maximum Gasteiger partial charge on any atom is 0.130 e. The molecule has 3 nitrogen and oxygen atoms in total. The molecule has 0 spiro atoms. The molecule has 0 aliphatic rings. The molecule has 0 atom stereocenters. The lowest BCUT2D eigenvalue weighted by Gasteiger charge is -2.08. The van der Waals surface area contributed by atoms with Crippen molar-refractivity contribution in [2.45, 2.75) is 6.61 Å². The average Bonchev–Trinajstić information content (AvgIpc) is 2.45. The number of aromatic nitrogens is 2. The zero-order valence-corrected chi connectivity index (χ0v) is 10.8. The maximum absolute atomic E-state index is 5.92. The number of nitrogens with zero attached hydrogens (tertiary/aromatic N) is 2. The lowest BCUT2D eigenvalue weighted by Crippen LogP contribution is -1.98. The van der Waals surface area contributed by atoms with E-state index in [1.54, 1.807) is 24.5 Å². The van der Waals surface area contributed by atoms with Gasteiger partial charge in [-0.25, -0.2) is 0 Å². The number of halogens is 1. The predicted octanol–water partition coefficient (Wildman–Crippen LogP) is 3.86. The first-order valence-electron chi connectivity index (χ1n) is 5.90. The van der Waals surface area contributed by atoms with Crippen LogP contribution in [-0.2, 0) is 6.61 Å². The summed E-state index contributed by atoms with van der Waals surface area (Å²) in [6.45, 7) is 0.383. The topological polar surface area (TPSA) is 35.0 Å². The first kappa shape index (κ1) is 11.9. The van der Waals surface area contributed by atoms with E-state index in [1.165, 1.54) is 0 Å². The number of benzene rings is 1. The van der Waals surface area contributed by atoms with Gasteiger partial charge in [-0.1, -0.05) is 17.7 Å². The highest BCUT2D eigenvalue weighted by molar-refractivity contribution is 6.30. The second-order valence-corrected chi connectivity index (χ2v) is 4.52. The van der Waals surface area contributed by atoms with Crippen LogP contribution in [0.25, 0.3) is 10.9 Å². The second kappa shape index (κ2) is 5.24. The number of pyridine rings is 2. The van der Waals surface area contributed by atoms with Crippen LogP contribution in [0.5, 0.6) is 5.75 Å². The van der Waals surface area contributed by atoms with E-state index >= 15 is 0 Å². The quantitative estimate of drug-likeness (QED) is 0.725. The normalized spacial score (nSPS) is 10.6. The van der Waals surface area contributed by atoms with Gasteiger partial charge in [-0.15, -0.1) is 0 Å². The highest BCUT2D eigenvalue weighted by Crippen LogP contribution is 2.24. The Bertz CT molecular complexity index is 710. The molecule has 0 amide bonds. The smallest absolute Gasteiger partial charge is 0.130 e. The van der Waals surface area contributed by atoms with Gasteiger partial charge >= 0.3 is 0 Å². The van der Waals surface area contributed by atoms with Gasteiger partial charge in [0.2, 0.25) is 0 Å². The van der Waals surface area contributed by atoms with Crippen molar-refractivity contribution in [1.82, 2.24) is 9.97 Å². The number of fused-ring (bicyclic) bond motifs is 1. The molecule has 0 fully saturated rings. The van der Waals surface area contributed by atoms with Crippen molar-refractivity contribution in [1.29, 1.82) is 0 Å². The van der Waals surface area contributed by atoms with E-state index in [-0.39, 0.29) is 0 Å². The van der Waals surface area contributed by atoms with Gasteiger partial charge in [0.25, 0.3) is 0 Å². The summed E-state index contributed by atoms with van der Waals surface area (Å²) in [6, 6.07) is 13.2. The molecule has 1 aromatic carbocycles. The number of hydrogen-bond acceptors (Lipinski definition) is 3. The fraction of sp³-hybridized carbons (Fsp3) is 0.0667. The minimum atomic E-state index is 0.383. The van der Waals surface area contributed by atoms with Crippen molar-refractivity contribution < 1.29 is 4.74 Å². The Kier molecular flexibility index (Phi) is 3.29. The summed E-state index contributed by atoms with van der Waals surface area (Å²) in [5.41, 5.74) is 1.72. The standard InChI is InChI=1S/C15H11ClN2O/c16-11-6-8-17-12(9-11)10-19-15-5-1-4-14-13(15)3-2-7-18-14/h1-9H,10H2. The van der Waals surface area contributed by atoms with Crippen LogP contribution in [0, 0.1) is 0 Å². The highest BCUT2D eigenvalue weighted by atomic mass is 35.5. The molecule has 3 rings (SSSR count). The molecule has 4 heteroatoms. The third kappa shape index (κ3) is 2.66. The van der Waals surface area contributed by atoms with E-state index in [9.17, 15) is 0 Å². The summed E-state index contributed by atoms with van der Waals surface area (Å²) in [6.07, 6.45) is 3.44. The van der Waals surface area contributed by atoms with Gasteiger partial charge in [-0.05, 0) is 36.4 Å². The van der Waals surface area contributed by atoms with Gasteiger partial charge in [-0.3, -0.25) is 9.97 Å². The summed E-state index contributed by atoms with van der Waals surface area (Å²) in [7, 11) is 0. The van der Waals surface area contributed by atoms with Gasteiger partial charge in [0.15, 0.2) is 0 Å². The van der Waals surface area contributed by atoms with E-state index in [0.29, 0.717) is 11.6 Å². The monoisotopic (exact) mass is 270 g/mol. The maximum atomic E-state index is 5.92. The van der Waals surface area contributed by atoms with Crippen LogP contribution in [0.15, 0.2) is 54.9 Å². The van der Waals surface area contributed by atoms with E-state index in [1.807, 2.05) is 30.3 Å². The van der Waals surface area contributed by atoms with Gasteiger partial charge in [0.1, 0.15) is 12.4 Å². The number of hydrogen-bond donors (Lipinski definition) is 0. The third-order valence-electron chi connectivity index (χ3n) is 2.76. The van der Waals surface area contributed by atoms with Crippen molar-refractivity contribution in [2.24, 2.45) is 0 Å². The van der Waals surface area contributed by atoms with Gasteiger partial charge < -0.3 is 4.74 Å². The number of ether oxygens (including phenoxy) is 1. The Morgan fingerprint density at radius 2 is 1.95 bits per heavy atom. The first-order valence-corrected chi connectivity index (χ1v) is 6.28. The van der Waals surface area contributed by atoms with Crippen LogP contribution < -0.4 is 4.74 Å². The molecule has 0 aliphatic heterocycles. The number of rotatable bonds is 3. The summed E-state index contributed by atoms with van der Waals surface area (Å²) in [5, 5.41) is 1.65. The molecular weight excluding hydrogens is 260 g/mol. The predicted molar refractivity (Wildman–Crippen MR) is 75.3 cm³/mol. The fourth-order valence-corrected chi connectivity index (χ4v) is 2.06. The van der Waals surface area contributed by atoms with Crippen LogP contribution in [0.1, 0.15) is 5.69 Å². The first-order chi connectivity index (χ1) is 9.33. The highest BCUT2D eigenvalue weighted by Gasteiger charge is 2.03. The molecule has 0 saturated heterocycles. The lowest BCUT2D eigenvalue weighted by atomic mass is 10.2. The van der Waals surface area contributed by atoms with E-state index in [4.69, 9.17) is 16.3 Å². The SMILES string of the molecule is Clc1ccnc(COc2cccc3ncccc23)c1. The van der Waals surface area contributed by atoms with E-state index in [2.05, 4.69) is 9.97 Å². The van der Waals surface area contributed by atoms with Crippen molar-refractivity contribution in [2.75, 3.05) is 0 Å². The second-order valence-electron chi connectivity index (χ2n) is 4.08. The van der Waals surface area contributed by atoms with Gasteiger partial charge in [0.05, 0.1) is 11.2 Å². The van der Waals surface area contributed by atoms with Gasteiger partial charge in [-0.2, -0.15) is 0 Å². The van der Waals surface area contributed by atoms with Crippen molar-refractivity contribution in [3.05, 3.63) is 65.6 Å². The third-order valence-corrected chi connectivity index (χ3v) is 2.99. The largest absolute Gasteiger partial charge is 0.487 e. The van der Waals surface area contributed by atoms with Crippen LogP contribution in [-0.4, -0.2) is 9.97 Å². The van der Waals surface area contributed by atoms with Crippen LogP contribution in [0.3, 0.4) is 0 Å². The van der Waals surface area contributed by atoms with Crippen molar-refractivity contribution in [3.8, 4) is 5.75 Å². The van der Waals surface area contributed by atoms with Crippen molar-refractivity contribution >= 4 is 22.5 Å². The molecule has 19 heavy (non-hydrogen) atoms. The summed E-state index contributed by atoms with van der Waals surface area (Å²) < 4.78 is 5.80. The minimum Gasteiger partial charge on any atom is -0.487 e. The molecule has 0 N–H and O–H groups in total. The zero-order valence-electron chi connectivity index (χ0n) is 10.1. The summed E-state index contributed by atoms with van der Waals surface area (Å²) >= 11 is 5.92. The molecule has 0 bridgehead atoms. The molecule has 2 aromatic heterocycles. The molecule has 0 saturated carbocycles. The van der Waals surface area contributed by atoms with E-state index < -0.39 is 0 Å². The Morgan fingerprint density at radius 3 is 2.84 bits per heavy atom. The Morgan fingerprint density at radius 1 is 1.00 bits per heavy atom. The molecular formula is C15H11ClN2O. The van der Waals surface area contributed by atoms with Crippen LogP contribution in [0.2, 0.25) is 5.02 Å². The minimum absolute atomic E-state index is 0.383. The summed E-state index contributed by atoms with van der Waals surface area (Å²) in [5.74, 6) is 0.798. The molecule has 94 valence electrons.